The van der Waals surface area contributed by atoms with E-state index in [9.17, 15) is 14.4 Å². The minimum Gasteiger partial charge on any atom is -0.329 e. The number of carbonyl (C=O) groups is 3. The van der Waals surface area contributed by atoms with Gasteiger partial charge in [0.2, 0.25) is 0 Å². The van der Waals surface area contributed by atoms with E-state index < -0.39 is 23.7 Å². The highest BCUT2D eigenvalue weighted by Crippen LogP contribution is 2.46. The second-order valence-corrected chi connectivity index (χ2v) is 5.18. The Morgan fingerprint density at radius 1 is 1.23 bits per heavy atom. The summed E-state index contributed by atoms with van der Waals surface area (Å²) in [7, 11) is 0. The van der Waals surface area contributed by atoms with Gasteiger partial charge in [0.05, 0.1) is 17.0 Å². The maximum absolute atomic E-state index is 12.1. The molecule has 2 atom stereocenters. The standard InChI is InChI=1S/C14H10N4O4/c19-12-7-3-1-2-4-8(7)13(20)18(12)22-14(21)10-5-9(10)11-15-6-16-17-11/h1-4,6,9-10H,5H2,(H,15,16,17)/t9-,10+/m0/s1. The summed E-state index contributed by atoms with van der Waals surface area (Å²) in [6.45, 7) is 0. The number of amides is 2. The fourth-order valence-electron chi connectivity index (χ4n) is 2.56. The average molecular weight is 298 g/mol. The number of carbonyl (C=O) groups excluding carboxylic acids is 3. The van der Waals surface area contributed by atoms with Crippen LogP contribution in [-0.2, 0) is 9.63 Å². The second-order valence-electron chi connectivity index (χ2n) is 5.18. The number of rotatable bonds is 3. The molecule has 2 aromatic rings. The molecule has 2 amide bonds. The zero-order valence-corrected chi connectivity index (χ0v) is 11.2. The van der Waals surface area contributed by atoms with Crippen LogP contribution in [-0.4, -0.2) is 38.0 Å². The number of nitrogens with zero attached hydrogens (tertiary/aromatic N) is 3. The fourth-order valence-corrected chi connectivity index (χ4v) is 2.56. The van der Waals surface area contributed by atoms with Crippen LogP contribution in [0.5, 0.6) is 0 Å². The molecule has 4 rings (SSSR count). The number of hydroxylamine groups is 2. The molecule has 0 bridgehead atoms. The number of H-pyrrole nitrogens is 1. The van der Waals surface area contributed by atoms with Gasteiger partial charge in [-0.1, -0.05) is 17.2 Å². The maximum Gasteiger partial charge on any atom is 0.337 e. The molecule has 0 spiro atoms. The summed E-state index contributed by atoms with van der Waals surface area (Å²) in [5, 5.41) is 6.95. The summed E-state index contributed by atoms with van der Waals surface area (Å²) in [6.07, 6.45) is 1.91. The smallest absolute Gasteiger partial charge is 0.329 e. The van der Waals surface area contributed by atoms with Crippen LogP contribution in [0.3, 0.4) is 0 Å². The number of aromatic amines is 1. The molecule has 0 radical (unpaired) electrons. The molecule has 110 valence electrons. The van der Waals surface area contributed by atoms with Crippen molar-refractivity contribution in [3.8, 4) is 0 Å². The first-order valence-corrected chi connectivity index (χ1v) is 6.71. The van der Waals surface area contributed by atoms with E-state index in [2.05, 4.69) is 15.2 Å². The molecule has 22 heavy (non-hydrogen) atoms. The van der Waals surface area contributed by atoms with Gasteiger partial charge < -0.3 is 4.84 Å². The van der Waals surface area contributed by atoms with E-state index in [0.29, 0.717) is 17.3 Å². The predicted octanol–water partition coefficient (Wildman–Crippen LogP) is 0.663. The topological polar surface area (TPSA) is 105 Å². The fraction of sp³-hybridized carbons (Fsp3) is 0.214. The predicted molar refractivity (Wildman–Crippen MR) is 70.3 cm³/mol. The maximum atomic E-state index is 12.1. The van der Waals surface area contributed by atoms with Gasteiger partial charge in [0.15, 0.2) is 0 Å². The van der Waals surface area contributed by atoms with Crippen molar-refractivity contribution < 1.29 is 19.2 Å². The van der Waals surface area contributed by atoms with E-state index in [1.807, 2.05) is 0 Å². The summed E-state index contributed by atoms with van der Waals surface area (Å²) in [5.74, 6) is -1.78. The number of nitrogens with one attached hydrogen (secondary N) is 1. The molecular formula is C14H10N4O4. The molecule has 1 saturated carbocycles. The first kappa shape index (κ1) is 12.7. The van der Waals surface area contributed by atoms with Gasteiger partial charge in [-0.05, 0) is 18.6 Å². The van der Waals surface area contributed by atoms with Gasteiger partial charge in [0.1, 0.15) is 12.2 Å². The van der Waals surface area contributed by atoms with Gasteiger partial charge in [0, 0.05) is 5.92 Å². The molecule has 1 N–H and O–H groups in total. The number of imide groups is 1. The molecule has 1 aliphatic carbocycles. The lowest BCUT2D eigenvalue weighted by Gasteiger charge is -2.12. The normalized spacial score (nSPS) is 22.6. The van der Waals surface area contributed by atoms with Crippen LogP contribution < -0.4 is 0 Å². The Morgan fingerprint density at radius 2 is 1.91 bits per heavy atom. The Bertz CT molecular complexity index is 751. The molecule has 1 aliphatic heterocycles. The molecule has 2 heterocycles. The monoisotopic (exact) mass is 298 g/mol. The SMILES string of the molecule is O=C(ON1C(=O)c2ccccc2C1=O)[C@@H]1C[C@@H]1c1ncn[nH]1. The average Bonchev–Trinajstić information content (AvgIpc) is 3.08. The van der Waals surface area contributed by atoms with Gasteiger partial charge in [-0.2, -0.15) is 5.10 Å². The minimum absolute atomic E-state index is 0.106. The summed E-state index contributed by atoms with van der Waals surface area (Å²) < 4.78 is 0. The van der Waals surface area contributed by atoms with E-state index in [4.69, 9.17) is 4.84 Å². The molecule has 1 fully saturated rings. The molecule has 1 aromatic carbocycles. The van der Waals surface area contributed by atoms with Crippen molar-refractivity contribution >= 4 is 17.8 Å². The van der Waals surface area contributed by atoms with E-state index >= 15 is 0 Å². The van der Waals surface area contributed by atoms with E-state index in [1.165, 1.54) is 18.5 Å². The Hall–Kier alpha value is -3.03. The quantitative estimate of drug-likeness (QED) is 0.835. The lowest BCUT2D eigenvalue weighted by atomic mass is 10.1. The number of aromatic nitrogens is 3. The van der Waals surface area contributed by atoms with Gasteiger partial charge in [-0.25, -0.2) is 9.78 Å². The molecule has 8 nitrogen and oxygen atoms in total. The second kappa shape index (κ2) is 4.48. The largest absolute Gasteiger partial charge is 0.337 e. The molecule has 2 aliphatic rings. The lowest BCUT2D eigenvalue weighted by Crippen LogP contribution is -2.33. The highest BCUT2D eigenvalue weighted by atomic mass is 16.7. The van der Waals surface area contributed by atoms with Crippen LogP contribution in [0.2, 0.25) is 0 Å². The summed E-state index contributed by atoms with van der Waals surface area (Å²) in [5.41, 5.74) is 0.478. The highest BCUT2D eigenvalue weighted by molar-refractivity contribution is 6.20. The first-order chi connectivity index (χ1) is 10.7. The zero-order chi connectivity index (χ0) is 15.3. The number of fused-ring (bicyclic) bond motifs is 1. The van der Waals surface area contributed by atoms with Crippen LogP contribution in [0.4, 0.5) is 0 Å². The van der Waals surface area contributed by atoms with Crippen molar-refractivity contribution in [1.29, 1.82) is 0 Å². The van der Waals surface area contributed by atoms with Crippen LogP contribution in [0.15, 0.2) is 30.6 Å². The van der Waals surface area contributed by atoms with Gasteiger partial charge >= 0.3 is 5.97 Å². The third kappa shape index (κ3) is 1.80. The third-order valence-electron chi connectivity index (χ3n) is 3.82. The lowest BCUT2D eigenvalue weighted by molar-refractivity contribution is -0.170. The van der Waals surface area contributed by atoms with Crippen molar-refractivity contribution in [2.45, 2.75) is 12.3 Å². The molecule has 0 saturated heterocycles. The van der Waals surface area contributed by atoms with Gasteiger partial charge in [-0.3, -0.25) is 14.7 Å². The van der Waals surface area contributed by atoms with E-state index in [1.54, 1.807) is 12.1 Å². The van der Waals surface area contributed by atoms with Crippen LogP contribution in [0, 0.1) is 5.92 Å². The molecular weight excluding hydrogens is 288 g/mol. The molecule has 0 unspecified atom stereocenters. The van der Waals surface area contributed by atoms with Crippen LogP contribution in [0.25, 0.3) is 0 Å². The Balaban J connectivity index is 1.48. The summed E-state index contributed by atoms with van der Waals surface area (Å²) >= 11 is 0. The number of benzene rings is 1. The van der Waals surface area contributed by atoms with Crippen LogP contribution in [0.1, 0.15) is 38.9 Å². The Kier molecular flexibility index (Phi) is 2.59. The van der Waals surface area contributed by atoms with Crippen molar-refractivity contribution in [3.63, 3.8) is 0 Å². The van der Waals surface area contributed by atoms with Gasteiger partial charge in [-0.15, -0.1) is 0 Å². The highest BCUT2D eigenvalue weighted by Gasteiger charge is 2.50. The summed E-state index contributed by atoms with van der Waals surface area (Å²) in [6, 6.07) is 6.35. The van der Waals surface area contributed by atoms with Crippen molar-refractivity contribution in [1.82, 2.24) is 20.2 Å². The number of hydrogen-bond donors (Lipinski definition) is 1. The first-order valence-electron chi connectivity index (χ1n) is 6.71. The molecule has 8 heteroatoms. The van der Waals surface area contributed by atoms with E-state index in [0.717, 1.165) is 0 Å². The van der Waals surface area contributed by atoms with Crippen molar-refractivity contribution in [2.75, 3.05) is 0 Å². The van der Waals surface area contributed by atoms with E-state index in [-0.39, 0.29) is 17.0 Å². The number of hydrogen-bond acceptors (Lipinski definition) is 6. The van der Waals surface area contributed by atoms with Crippen LogP contribution >= 0.6 is 0 Å². The molecule has 1 aromatic heterocycles. The Labute approximate surface area is 124 Å². The summed E-state index contributed by atoms with van der Waals surface area (Å²) in [4.78, 5) is 45.3. The van der Waals surface area contributed by atoms with Gasteiger partial charge in [0.25, 0.3) is 11.8 Å². The minimum atomic E-state index is -0.620. The zero-order valence-electron chi connectivity index (χ0n) is 11.2. The van der Waals surface area contributed by atoms with Crippen molar-refractivity contribution in [3.05, 3.63) is 47.5 Å². The Morgan fingerprint density at radius 3 is 2.50 bits per heavy atom. The van der Waals surface area contributed by atoms with Crippen molar-refractivity contribution in [2.24, 2.45) is 5.92 Å². The third-order valence-corrected chi connectivity index (χ3v) is 3.82.